The van der Waals surface area contributed by atoms with Crippen LogP contribution in [-0.2, 0) is 6.42 Å². The fraction of sp³-hybridized carbons (Fsp3) is 0.500. The van der Waals surface area contributed by atoms with E-state index in [2.05, 4.69) is 37.9 Å². The highest BCUT2D eigenvalue weighted by molar-refractivity contribution is 5.90. The summed E-state index contributed by atoms with van der Waals surface area (Å²) in [5.74, 6) is 1.49. The van der Waals surface area contributed by atoms with Crippen molar-refractivity contribution in [3.05, 3.63) is 23.8 Å². The van der Waals surface area contributed by atoms with Gasteiger partial charge >= 0.3 is 0 Å². The summed E-state index contributed by atoms with van der Waals surface area (Å²) in [5, 5.41) is 0. The van der Waals surface area contributed by atoms with Crippen molar-refractivity contribution in [2.24, 2.45) is 10.9 Å². The summed E-state index contributed by atoms with van der Waals surface area (Å²) >= 11 is 0. The van der Waals surface area contributed by atoms with Gasteiger partial charge in [0.15, 0.2) is 0 Å². The minimum absolute atomic E-state index is 0.550. The maximum Gasteiger partial charge on any atom is 0.145 e. The molecule has 1 unspecified atom stereocenters. The fourth-order valence-electron chi connectivity index (χ4n) is 1.95. The van der Waals surface area contributed by atoms with Crippen LogP contribution in [0.5, 0.6) is 5.75 Å². The van der Waals surface area contributed by atoms with E-state index in [9.17, 15) is 0 Å². The SMILES string of the molecule is CCCOc1cccc2c1N=C(C)C(C)C2. The highest BCUT2D eigenvalue weighted by Gasteiger charge is 2.18. The van der Waals surface area contributed by atoms with E-state index in [4.69, 9.17) is 4.74 Å². The number of fused-ring (bicyclic) bond motifs is 1. The minimum atomic E-state index is 0.550. The van der Waals surface area contributed by atoms with Crippen molar-refractivity contribution in [3.8, 4) is 5.75 Å². The van der Waals surface area contributed by atoms with E-state index in [0.717, 1.165) is 30.9 Å². The molecule has 0 saturated carbocycles. The zero-order chi connectivity index (χ0) is 11.5. The molecule has 86 valence electrons. The zero-order valence-corrected chi connectivity index (χ0v) is 10.3. The van der Waals surface area contributed by atoms with Crippen molar-refractivity contribution in [1.29, 1.82) is 0 Å². The van der Waals surface area contributed by atoms with Crippen LogP contribution in [-0.4, -0.2) is 12.3 Å². The van der Waals surface area contributed by atoms with Gasteiger partial charge in [-0.2, -0.15) is 0 Å². The molecule has 2 nitrogen and oxygen atoms in total. The quantitative estimate of drug-likeness (QED) is 0.755. The third-order valence-corrected chi connectivity index (χ3v) is 3.07. The Bertz CT molecular complexity index is 409. The molecule has 1 atom stereocenters. The first-order chi connectivity index (χ1) is 7.72. The number of ether oxygens (including phenoxy) is 1. The third kappa shape index (κ3) is 2.11. The zero-order valence-electron chi connectivity index (χ0n) is 10.3. The average Bonchev–Trinajstić information content (AvgIpc) is 2.28. The van der Waals surface area contributed by atoms with Crippen molar-refractivity contribution in [3.63, 3.8) is 0 Å². The van der Waals surface area contributed by atoms with Gasteiger partial charge in [-0.3, -0.25) is 4.99 Å². The fourth-order valence-corrected chi connectivity index (χ4v) is 1.95. The van der Waals surface area contributed by atoms with Gasteiger partial charge in [-0.25, -0.2) is 0 Å². The maximum absolute atomic E-state index is 5.73. The number of nitrogens with zero attached hydrogens (tertiary/aromatic N) is 1. The molecule has 1 aromatic carbocycles. The Morgan fingerprint density at radius 3 is 3.00 bits per heavy atom. The molecular formula is C14H19NO. The summed E-state index contributed by atoms with van der Waals surface area (Å²) in [6.45, 7) is 7.21. The Balaban J connectivity index is 2.35. The van der Waals surface area contributed by atoms with Crippen LogP contribution < -0.4 is 4.74 Å². The van der Waals surface area contributed by atoms with E-state index in [1.807, 2.05) is 6.07 Å². The monoisotopic (exact) mass is 217 g/mol. The van der Waals surface area contributed by atoms with Crippen LogP contribution >= 0.6 is 0 Å². The molecule has 0 fully saturated rings. The number of benzene rings is 1. The van der Waals surface area contributed by atoms with Crippen LogP contribution in [0.15, 0.2) is 23.2 Å². The van der Waals surface area contributed by atoms with Crippen LogP contribution in [0.1, 0.15) is 32.8 Å². The molecule has 16 heavy (non-hydrogen) atoms. The molecule has 0 radical (unpaired) electrons. The molecule has 0 aliphatic carbocycles. The first kappa shape index (κ1) is 11.2. The summed E-state index contributed by atoms with van der Waals surface area (Å²) in [5.41, 5.74) is 3.57. The van der Waals surface area contributed by atoms with Crippen molar-refractivity contribution in [1.82, 2.24) is 0 Å². The number of aliphatic imine (C=N–C) groups is 1. The van der Waals surface area contributed by atoms with Gasteiger partial charge in [-0.05, 0) is 37.3 Å². The average molecular weight is 217 g/mol. The lowest BCUT2D eigenvalue weighted by Crippen LogP contribution is -2.14. The van der Waals surface area contributed by atoms with E-state index < -0.39 is 0 Å². The standard InChI is InChI=1S/C14H19NO/c1-4-8-16-13-7-5-6-12-9-10(2)11(3)15-14(12)13/h5-7,10H,4,8-9H2,1-3H3. The largest absolute Gasteiger partial charge is 0.491 e. The van der Waals surface area contributed by atoms with Gasteiger partial charge in [-0.1, -0.05) is 26.0 Å². The molecule has 0 bridgehead atoms. The van der Waals surface area contributed by atoms with Gasteiger partial charge in [0.25, 0.3) is 0 Å². The molecule has 1 heterocycles. The van der Waals surface area contributed by atoms with Gasteiger partial charge in [0.05, 0.1) is 6.61 Å². The van der Waals surface area contributed by atoms with Gasteiger partial charge in [-0.15, -0.1) is 0 Å². The summed E-state index contributed by atoms with van der Waals surface area (Å²) in [7, 11) is 0. The Morgan fingerprint density at radius 2 is 2.25 bits per heavy atom. The Labute approximate surface area is 97.4 Å². The van der Waals surface area contributed by atoms with Crippen LogP contribution in [0, 0.1) is 5.92 Å². The van der Waals surface area contributed by atoms with E-state index in [1.54, 1.807) is 0 Å². The van der Waals surface area contributed by atoms with Gasteiger partial charge in [0.1, 0.15) is 11.4 Å². The first-order valence-corrected chi connectivity index (χ1v) is 6.02. The molecule has 0 spiro atoms. The maximum atomic E-state index is 5.73. The molecule has 1 aliphatic heterocycles. The third-order valence-electron chi connectivity index (χ3n) is 3.07. The summed E-state index contributed by atoms with van der Waals surface area (Å²) < 4.78 is 5.73. The second-order valence-corrected chi connectivity index (χ2v) is 4.47. The topological polar surface area (TPSA) is 21.6 Å². The van der Waals surface area contributed by atoms with E-state index in [1.165, 1.54) is 11.3 Å². The molecule has 0 aromatic heterocycles. The lowest BCUT2D eigenvalue weighted by molar-refractivity contribution is 0.318. The lowest BCUT2D eigenvalue weighted by atomic mass is 9.93. The van der Waals surface area contributed by atoms with Gasteiger partial charge in [0, 0.05) is 5.71 Å². The number of rotatable bonds is 3. The van der Waals surface area contributed by atoms with Crippen LogP contribution in [0.3, 0.4) is 0 Å². The number of para-hydroxylation sites is 1. The smallest absolute Gasteiger partial charge is 0.145 e. The Hall–Kier alpha value is -1.31. The molecule has 1 aromatic rings. The molecular weight excluding hydrogens is 198 g/mol. The van der Waals surface area contributed by atoms with Crippen LogP contribution in [0.4, 0.5) is 5.69 Å². The molecule has 0 saturated heterocycles. The van der Waals surface area contributed by atoms with Gasteiger partial charge in [0.2, 0.25) is 0 Å². The minimum Gasteiger partial charge on any atom is -0.491 e. The van der Waals surface area contributed by atoms with Crippen molar-refractivity contribution < 1.29 is 4.74 Å². The van der Waals surface area contributed by atoms with E-state index in [0.29, 0.717) is 5.92 Å². The van der Waals surface area contributed by atoms with Crippen LogP contribution in [0.25, 0.3) is 0 Å². The molecule has 0 amide bonds. The highest BCUT2D eigenvalue weighted by Crippen LogP contribution is 2.36. The van der Waals surface area contributed by atoms with Crippen molar-refractivity contribution >= 4 is 11.4 Å². The normalized spacial score (nSPS) is 18.9. The number of hydrogen-bond acceptors (Lipinski definition) is 2. The molecule has 2 heteroatoms. The lowest BCUT2D eigenvalue weighted by Gasteiger charge is -2.21. The van der Waals surface area contributed by atoms with E-state index >= 15 is 0 Å². The Morgan fingerprint density at radius 1 is 1.44 bits per heavy atom. The Kier molecular flexibility index (Phi) is 3.28. The predicted molar refractivity (Wildman–Crippen MR) is 67.9 cm³/mol. The van der Waals surface area contributed by atoms with Crippen molar-refractivity contribution in [2.75, 3.05) is 6.61 Å². The number of hydrogen-bond donors (Lipinski definition) is 0. The summed E-state index contributed by atoms with van der Waals surface area (Å²) in [6.07, 6.45) is 2.11. The van der Waals surface area contributed by atoms with Gasteiger partial charge < -0.3 is 4.74 Å². The van der Waals surface area contributed by atoms with Crippen molar-refractivity contribution in [2.45, 2.75) is 33.6 Å². The molecule has 1 aliphatic rings. The second kappa shape index (κ2) is 4.69. The van der Waals surface area contributed by atoms with Crippen LogP contribution in [0.2, 0.25) is 0 Å². The first-order valence-electron chi connectivity index (χ1n) is 6.02. The molecule has 0 N–H and O–H groups in total. The predicted octanol–water partition coefficient (Wildman–Crippen LogP) is 3.76. The van der Waals surface area contributed by atoms with E-state index in [-0.39, 0.29) is 0 Å². The summed E-state index contributed by atoms with van der Waals surface area (Å²) in [6, 6.07) is 6.23. The second-order valence-electron chi connectivity index (χ2n) is 4.47. The highest BCUT2D eigenvalue weighted by atomic mass is 16.5. The summed E-state index contributed by atoms with van der Waals surface area (Å²) in [4.78, 5) is 4.67. The molecule has 2 rings (SSSR count).